The largest absolute Gasteiger partial charge is 0.480 e. The number of nitrogens with zero attached hydrogens (tertiary/aromatic N) is 1. The van der Waals surface area contributed by atoms with Gasteiger partial charge in [-0.3, -0.25) is 9.69 Å². The van der Waals surface area contributed by atoms with Gasteiger partial charge in [0.2, 0.25) is 0 Å². The van der Waals surface area contributed by atoms with E-state index in [1.807, 2.05) is 13.8 Å². The Morgan fingerprint density at radius 3 is 2.38 bits per heavy atom. The molecule has 0 aromatic heterocycles. The molecule has 0 aliphatic carbocycles. The first kappa shape index (κ1) is 15.4. The predicted molar refractivity (Wildman–Crippen MR) is 67.7 cm³/mol. The van der Waals surface area contributed by atoms with Crippen LogP contribution in [0.4, 0.5) is 0 Å². The highest BCUT2D eigenvalue weighted by molar-refractivity contribution is 5.73. The highest BCUT2D eigenvalue weighted by Gasteiger charge is 2.30. The van der Waals surface area contributed by atoms with E-state index in [-0.39, 0.29) is 6.04 Å². The van der Waals surface area contributed by atoms with Crippen molar-refractivity contribution in [1.29, 1.82) is 0 Å². The molecule has 1 N–H and O–H groups in total. The Labute approximate surface area is 99.8 Å². The Morgan fingerprint density at radius 1 is 1.38 bits per heavy atom. The molecule has 96 valence electrons. The molecule has 1 atom stereocenters. The topological polar surface area (TPSA) is 40.5 Å². The second-order valence-corrected chi connectivity index (χ2v) is 5.34. The fraction of sp³-hybridized carbons (Fsp3) is 0.923. The molecule has 0 amide bonds. The van der Waals surface area contributed by atoms with Crippen LogP contribution in [0.25, 0.3) is 0 Å². The van der Waals surface area contributed by atoms with Crippen LogP contribution in [0.15, 0.2) is 0 Å². The van der Waals surface area contributed by atoms with Crippen molar-refractivity contribution in [2.75, 3.05) is 13.1 Å². The molecule has 0 aromatic rings. The first-order chi connectivity index (χ1) is 7.40. The van der Waals surface area contributed by atoms with Crippen LogP contribution in [0.5, 0.6) is 0 Å². The molecule has 16 heavy (non-hydrogen) atoms. The highest BCUT2D eigenvalue weighted by Crippen LogP contribution is 2.23. The molecule has 0 spiro atoms. The zero-order valence-electron chi connectivity index (χ0n) is 11.4. The summed E-state index contributed by atoms with van der Waals surface area (Å²) in [7, 11) is 0. The average molecular weight is 229 g/mol. The third kappa shape index (κ3) is 5.50. The number of hydrogen-bond acceptors (Lipinski definition) is 2. The van der Waals surface area contributed by atoms with Gasteiger partial charge in [-0.15, -0.1) is 0 Å². The van der Waals surface area contributed by atoms with E-state index < -0.39 is 5.97 Å². The van der Waals surface area contributed by atoms with Crippen LogP contribution in [0, 0.1) is 5.41 Å². The van der Waals surface area contributed by atoms with Crippen molar-refractivity contribution < 1.29 is 9.90 Å². The van der Waals surface area contributed by atoms with E-state index in [9.17, 15) is 4.79 Å². The summed E-state index contributed by atoms with van der Waals surface area (Å²) in [5, 5.41) is 8.97. The molecular weight excluding hydrogens is 202 g/mol. The van der Waals surface area contributed by atoms with E-state index >= 15 is 0 Å². The number of likely N-dealkylation sites (tertiary alicyclic amines) is 1. The fourth-order valence-electron chi connectivity index (χ4n) is 1.85. The van der Waals surface area contributed by atoms with Crippen molar-refractivity contribution in [3.8, 4) is 0 Å². The lowest BCUT2D eigenvalue weighted by Gasteiger charge is -2.25. The van der Waals surface area contributed by atoms with Crippen molar-refractivity contribution in [2.24, 2.45) is 5.41 Å². The van der Waals surface area contributed by atoms with Gasteiger partial charge in [0.15, 0.2) is 0 Å². The van der Waals surface area contributed by atoms with Crippen molar-refractivity contribution in [2.45, 2.75) is 59.9 Å². The van der Waals surface area contributed by atoms with Crippen molar-refractivity contribution in [1.82, 2.24) is 4.90 Å². The standard InChI is InChI=1S/C11H21NO2.C2H6/c1-11(2,3)6-8-12-7-4-5-9(12)10(13)14;1-2/h9H,4-8H2,1-3H3,(H,13,14);1-2H3. The van der Waals surface area contributed by atoms with Gasteiger partial charge in [0, 0.05) is 0 Å². The average Bonchev–Trinajstić information content (AvgIpc) is 2.64. The Balaban J connectivity index is 0.00000106. The van der Waals surface area contributed by atoms with E-state index in [4.69, 9.17) is 5.11 Å². The van der Waals surface area contributed by atoms with Crippen molar-refractivity contribution >= 4 is 5.97 Å². The maximum atomic E-state index is 10.9. The summed E-state index contributed by atoms with van der Waals surface area (Å²) in [5.41, 5.74) is 0.297. The Kier molecular flexibility index (Phi) is 6.65. The molecule has 1 aliphatic rings. The molecule has 1 rings (SSSR count). The first-order valence-corrected chi connectivity index (χ1v) is 6.37. The minimum absolute atomic E-state index is 0.225. The van der Waals surface area contributed by atoms with Gasteiger partial charge in [-0.25, -0.2) is 0 Å². The van der Waals surface area contributed by atoms with Crippen LogP contribution in [0.3, 0.4) is 0 Å². The van der Waals surface area contributed by atoms with Crippen molar-refractivity contribution in [3.05, 3.63) is 0 Å². The molecule has 1 aliphatic heterocycles. The quantitative estimate of drug-likeness (QED) is 0.808. The first-order valence-electron chi connectivity index (χ1n) is 6.37. The summed E-state index contributed by atoms with van der Waals surface area (Å²) in [6.45, 7) is 12.4. The number of rotatable bonds is 3. The Bertz CT molecular complexity index is 208. The molecule has 1 fully saturated rings. The normalized spacial score (nSPS) is 21.4. The maximum absolute atomic E-state index is 10.9. The maximum Gasteiger partial charge on any atom is 0.320 e. The van der Waals surface area contributed by atoms with Gasteiger partial charge >= 0.3 is 5.97 Å². The summed E-state index contributed by atoms with van der Waals surface area (Å²) >= 11 is 0. The molecule has 1 saturated heterocycles. The number of hydrogen-bond donors (Lipinski definition) is 1. The second kappa shape index (κ2) is 6.89. The van der Waals surface area contributed by atoms with Gasteiger partial charge < -0.3 is 5.11 Å². The van der Waals surface area contributed by atoms with E-state index in [2.05, 4.69) is 25.7 Å². The van der Waals surface area contributed by atoms with E-state index in [0.29, 0.717) is 5.41 Å². The van der Waals surface area contributed by atoms with Crippen LogP contribution in [-0.2, 0) is 4.79 Å². The molecule has 3 nitrogen and oxygen atoms in total. The minimum atomic E-state index is -0.656. The smallest absolute Gasteiger partial charge is 0.320 e. The Morgan fingerprint density at radius 2 is 1.94 bits per heavy atom. The summed E-state index contributed by atoms with van der Waals surface area (Å²) in [6, 6.07) is -0.225. The lowest BCUT2D eigenvalue weighted by Crippen LogP contribution is -2.37. The third-order valence-corrected chi connectivity index (χ3v) is 2.80. The molecule has 3 heteroatoms. The van der Waals surface area contributed by atoms with Crippen LogP contribution in [-0.4, -0.2) is 35.1 Å². The second-order valence-electron chi connectivity index (χ2n) is 5.34. The molecular formula is C13H27NO2. The minimum Gasteiger partial charge on any atom is -0.480 e. The van der Waals surface area contributed by atoms with Gasteiger partial charge in [0.05, 0.1) is 0 Å². The van der Waals surface area contributed by atoms with Gasteiger partial charge in [-0.2, -0.15) is 0 Å². The SMILES string of the molecule is CC.CC(C)(C)CCN1CCCC1C(=O)O. The predicted octanol–water partition coefficient (Wildman–Crippen LogP) is 3.00. The molecule has 0 bridgehead atoms. The zero-order chi connectivity index (χ0) is 12.8. The number of carbonyl (C=O) groups is 1. The molecule has 0 aromatic carbocycles. The van der Waals surface area contributed by atoms with Gasteiger partial charge in [-0.1, -0.05) is 34.6 Å². The van der Waals surface area contributed by atoms with Crippen LogP contribution >= 0.6 is 0 Å². The molecule has 1 heterocycles. The van der Waals surface area contributed by atoms with Crippen molar-refractivity contribution in [3.63, 3.8) is 0 Å². The zero-order valence-corrected chi connectivity index (χ0v) is 11.4. The number of carboxylic acid groups (broad SMARTS) is 1. The summed E-state index contributed by atoms with van der Waals surface area (Å²) < 4.78 is 0. The molecule has 0 saturated carbocycles. The van der Waals surface area contributed by atoms with Crippen LogP contribution in [0.1, 0.15) is 53.9 Å². The highest BCUT2D eigenvalue weighted by atomic mass is 16.4. The van der Waals surface area contributed by atoms with E-state index in [0.717, 1.165) is 32.4 Å². The molecule has 1 unspecified atom stereocenters. The lowest BCUT2D eigenvalue weighted by atomic mass is 9.92. The van der Waals surface area contributed by atoms with Gasteiger partial charge in [0.1, 0.15) is 6.04 Å². The summed E-state index contributed by atoms with van der Waals surface area (Å²) in [6.07, 6.45) is 2.91. The van der Waals surface area contributed by atoms with Crippen LogP contribution in [0.2, 0.25) is 0 Å². The molecule has 0 radical (unpaired) electrons. The van der Waals surface area contributed by atoms with E-state index in [1.165, 1.54) is 0 Å². The number of aliphatic carboxylic acids is 1. The van der Waals surface area contributed by atoms with Crippen LogP contribution < -0.4 is 0 Å². The van der Waals surface area contributed by atoms with E-state index in [1.54, 1.807) is 0 Å². The summed E-state index contributed by atoms with van der Waals surface area (Å²) in [4.78, 5) is 13.0. The Hall–Kier alpha value is -0.570. The lowest BCUT2D eigenvalue weighted by molar-refractivity contribution is -0.142. The third-order valence-electron chi connectivity index (χ3n) is 2.80. The van der Waals surface area contributed by atoms with Gasteiger partial charge in [0.25, 0.3) is 0 Å². The number of carboxylic acids is 1. The fourth-order valence-corrected chi connectivity index (χ4v) is 1.85. The monoisotopic (exact) mass is 229 g/mol. The van der Waals surface area contributed by atoms with Gasteiger partial charge in [-0.05, 0) is 37.8 Å². The summed E-state index contributed by atoms with van der Waals surface area (Å²) in [5.74, 6) is -0.656.